The van der Waals surface area contributed by atoms with Crippen molar-refractivity contribution in [3.8, 4) is 0 Å². The van der Waals surface area contributed by atoms with Crippen molar-refractivity contribution in [1.29, 1.82) is 0 Å². The van der Waals surface area contributed by atoms with Crippen LogP contribution < -0.4 is 5.73 Å². The molecule has 2 unspecified atom stereocenters. The number of rotatable bonds is 2. The average Bonchev–Trinajstić information content (AvgIpc) is 2.65. The average molecular weight is 196 g/mol. The van der Waals surface area contributed by atoms with Gasteiger partial charge in [0, 0.05) is 6.61 Å². The molecule has 0 amide bonds. The van der Waals surface area contributed by atoms with E-state index < -0.39 is 0 Å². The van der Waals surface area contributed by atoms with E-state index in [0.29, 0.717) is 5.95 Å². The molecule has 2 rings (SSSR count). The normalized spacial score (nSPS) is 24.8. The number of nitrogens with two attached hydrogens (primary N) is 1. The van der Waals surface area contributed by atoms with E-state index in [1.807, 2.05) is 0 Å². The zero-order chi connectivity index (χ0) is 9.97. The fourth-order valence-electron chi connectivity index (χ4n) is 1.80. The number of ether oxygens (including phenoxy) is 1. The summed E-state index contributed by atoms with van der Waals surface area (Å²) in [4.78, 5) is 3.91. The van der Waals surface area contributed by atoms with Gasteiger partial charge in [-0.25, -0.2) is 9.67 Å². The topological polar surface area (TPSA) is 66.0 Å². The van der Waals surface area contributed by atoms with E-state index in [9.17, 15) is 0 Å². The summed E-state index contributed by atoms with van der Waals surface area (Å²) >= 11 is 0. The van der Waals surface area contributed by atoms with Crippen LogP contribution >= 0.6 is 0 Å². The summed E-state index contributed by atoms with van der Waals surface area (Å²) in [6, 6.07) is 0.222. The summed E-state index contributed by atoms with van der Waals surface area (Å²) in [5, 5.41) is 4.09. The SMILES string of the molecule is CC(C1CCCCO1)n1cnc(N)n1. The molecule has 0 bridgehead atoms. The Bertz CT molecular complexity index is 293. The predicted molar refractivity (Wildman–Crippen MR) is 52.7 cm³/mol. The Hall–Kier alpha value is -1.10. The molecule has 1 aromatic heterocycles. The van der Waals surface area contributed by atoms with Crippen LogP contribution in [0.2, 0.25) is 0 Å². The smallest absolute Gasteiger partial charge is 0.239 e. The van der Waals surface area contributed by atoms with Gasteiger partial charge in [-0.15, -0.1) is 5.10 Å². The monoisotopic (exact) mass is 196 g/mol. The molecule has 1 aromatic rings. The lowest BCUT2D eigenvalue weighted by molar-refractivity contribution is -0.0150. The molecular weight excluding hydrogens is 180 g/mol. The zero-order valence-electron chi connectivity index (χ0n) is 8.39. The van der Waals surface area contributed by atoms with Gasteiger partial charge in [-0.1, -0.05) is 0 Å². The maximum atomic E-state index is 5.67. The van der Waals surface area contributed by atoms with E-state index in [1.165, 1.54) is 12.8 Å². The summed E-state index contributed by atoms with van der Waals surface area (Å²) in [7, 11) is 0. The molecule has 2 heterocycles. The molecule has 78 valence electrons. The van der Waals surface area contributed by atoms with Gasteiger partial charge in [0.1, 0.15) is 6.33 Å². The summed E-state index contributed by atoms with van der Waals surface area (Å²) in [5.74, 6) is 0.327. The molecule has 0 aliphatic carbocycles. The Morgan fingerprint density at radius 3 is 3.07 bits per heavy atom. The highest BCUT2D eigenvalue weighted by Crippen LogP contribution is 2.22. The minimum absolute atomic E-state index is 0.222. The second-order valence-corrected chi connectivity index (χ2v) is 3.73. The molecule has 1 aliphatic rings. The molecule has 2 N–H and O–H groups in total. The molecule has 1 aliphatic heterocycles. The third kappa shape index (κ3) is 1.87. The van der Waals surface area contributed by atoms with Crippen LogP contribution in [0.15, 0.2) is 6.33 Å². The van der Waals surface area contributed by atoms with Gasteiger partial charge >= 0.3 is 0 Å². The van der Waals surface area contributed by atoms with Crippen LogP contribution in [0, 0.1) is 0 Å². The second kappa shape index (κ2) is 3.96. The fraction of sp³-hybridized carbons (Fsp3) is 0.778. The van der Waals surface area contributed by atoms with E-state index in [-0.39, 0.29) is 12.1 Å². The standard InChI is InChI=1S/C9H16N4O/c1-7(8-4-2-3-5-14-8)13-6-11-9(10)12-13/h6-8H,2-5H2,1H3,(H2,10,12). The summed E-state index contributed by atoms with van der Waals surface area (Å²) in [6.45, 7) is 2.95. The van der Waals surface area contributed by atoms with Gasteiger partial charge in [-0.05, 0) is 26.2 Å². The third-order valence-corrected chi connectivity index (χ3v) is 2.70. The molecule has 5 heteroatoms. The Morgan fingerprint density at radius 2 is 2.50 bits per heavy atom. The Labute approximate surface area is 83.3 Å². The van der Waals surface area contributed by atoms with Gasteiger partial charge in [-0.2, -0.15) is 0 Å². The van der Waals surface area contributed by atoms with Crippen molar-refractivity contribution in [2.24, 2.45) is 0 Å². The first-order valence-corrected chi connectivity index (χ1v) is 5.05. The van der Waals surface area contributed by atoms with Crippen molar-refractivity contribution >= 4 is 5.95 Å². The van der Waals surface area contributed by atoms with Crippen LogP contribution in [0.25, 0.3) is 0 Å². The quantitative estimate of drug-likeness (QED) is 0.766. The molecule has 2 atom stereocenters. The van der Waals surface area contributed by atoms with Crippen LogP contribution in [-0.2, 0) is 4.74 Å². The Balaban J connectivity index is 2.03. The van der Waals surface area contributed by atoms with Gasteiger partial charge in [0.05, 0.1) is 12.1 Å². The van der Waals surface area contributed by atoms with Crippen molar-refractivity contribution in [2.45, 2.75) is 38.3 Å². The van der Waals surface area contributed by atoms with Gasteiger partial charge in [0.2, 0.25) is 5.95 Å². The van der Waals surface area contributed by atoms with Crippen LogP contribution in [0.1, 0.15) is 32.2 Å². The first-order valence-electron chi connectivity index (χ1n) is 5.05. The van der Waals surface area contributed by atoms with Crippen molar-refractivity contribution in [3.05, 3.63) is 6.33 Å². The molecule has 0 radical (unpaired) electrons. The lowest BCUT2D eigenvalue weighted by Crippen LogP contribution is -2.28. The van der Waals surface area contributed by atoms with Crippen molar-refractivity contribution < 1.29 is 4.74 Å². The molecule has 1 fully saturated rings. The van der Waals surface area contributed by atoms with Gasteiger partial charge < -0.3 is 10.5 Å². The molecule has 14 heavy (non-hydrogen) atoms. The van der Waals surface area contributed by atoms with Gasteiger partial charge in [0.15, 0.2) is 0 Å². The van der Waals surface area contributed by atoms with Crippen LogP contribution in [0.3, 0.4) is 0 Å². The van der Waals surface area contributed by atoms with Gasteiger partial charge in [0.25, 0.3) is 0 Å². The Morgan fingerprint density at radius 1 is 1.64 bits per heavy atom. The highest BCUT2D eigenvalue weighted by molar-refractivity contribution is 5.09. The van der Waals surface area contributed by atoms with E-state index in [4.69, 9.17) is 10.5 Å². The molecular formula is C9H16N4O. The molecule has 5 nitrogen and oxygen atoms in total. The lowest BCUT2D eigenvalue weighted by Gasteiger charge is -2.27. The maximum Gasteiger partial charge on any atom is 0.239 e. The van der Waals surface area contributed by atoms with E-state index >= 15 is 0 Å². The number of anilines is 1. The highest BCUT2D eigenvalue weighted by atomic mass is 16.5. The van der Waals surface area contributed by atoms with Crippen molar-refractivity contribution in [3.63, 3.8) is 0 Å². The molecule has 1 saturated heterocycles. The van der Waals surface area contributed by atoms with E-state index in [2.05, 4.69) is 17.0 Å². The summed E-state index contributed by atoms with van der Waals surface area (Å²) < 4.78 is 7.46. The fourth-order valence-corrected chi connectivity index (χ4v) is 1.80. The second-order valence-electron chi connectivity index (χ2n) is 3.73. The minimum atomic E-state index is 0.222. The summed E-state index contributed by atoms with van der Waals surface area (Å²) in [5.41, 5.74) is 5.46. The number of aromatic nitrogens is 3. The van der Waals surface area contributed by atoms with E-state index in [1.54, 1.807) is 11.0 Å². The largest absolute Gasteiger partial charge is 0.376 e. The lowest BCUT2D eigenvalue weighted by atomic mass is 10.0. The third-order valence-electron chi connectivity index (χ3n) is 2.70. The van der Waals surface area contributed by atoms with Crippen molar-refractivity contribution in [2.75, 3.05) is 12.3 Å². The van der Waals surface area contributed by atoms with Crippen LogP contribution in [-0.4, -0.2) is 27.5 Å². The van der Waals surface area contributed by atoms with Crippen LogP contribution in [0.5, 0.6) is 0 Å². The number of nitrogen functional groups attached to an aromatic ring is 1. The zero-order valence-corrected chi connectivity index (χ0v) is 8.39. The van der Waals surface area contributed by atoms with Crippen molar-refractivity contribution in [1.82, 2.24) is 14.8 Å². The molecule has 0 aromatic carbocycles. The number of nitrogens with zero attached hydrogens (tertiary/aromatic N) is 3. The first-order chi connectivity index (χ1) is 6.77. The number of hydrogen-bond acceptors (Lipinski definition) is 4. The van der Waals surface area contributed by atoms with Crippen LogP contribution in [0.4, 0.5) is 5.95 Å². The maximum absolute atomic E-state index is 5.67. The number of hydrogen-bond donors (Lipinski definition) is 1. The highest BCUT2D eigenvalue weighted by Gasteiger charge is 2.22. The molecule has 0 spiro atoms. The van der Waals surface area contributed by atoms with Gasteiger partial charge in [-0.3, -0.25) is 0 Å². The molecule has 0 saturated carbocycles. The predicted octanol–water partition coefficient (Wildman–Crippen LogP) is 0.990. The first kappa shape index (κ1) is 9.45. The Kier molecular flexibility index (Phi) is 2.67. The van der Waals surface area contributed by atoms with E-state index in [0.717, 1.165) is 13.0 Å². The minimum Gasteiger partial charge on any atom is -0.376 e. The summed E-state index contributed by atoms with van der Waals surface area (Å²) in [6.07, 6.45) is 5.42.